The summed E-state index contributed by atoms with van der Waals surface area (Å²) in [5.74, 6) is 2.06. The molecule has 4 unspecified atom stereocenters. The minimum absolute atomic E-state index is 0.184. The maximum atomic E-state index is 12.3. The Bertz CT molecular complexity index is 522. The van der Waals surface area contributed by atoms with Crippen LogP contribution in [0.1, 0.15) is 44.9 Å². The second-order valence-corrected chi connectivity index (χ2v) is 7.27. The number of carbonyl (C=O) groups excluding carboxylic acids is 1. The Morgan fingerprint density at radius 2 is 2.17 bits per heavy atom. The summed E-state index contributed by atoms with van der Waals surface area (Å²) in [7, 11) is 0. The first-order valence-electron chi connectivity index (χ1n) is 9.06. The lowest BCUT2D eigenvalue weighted by molar-refractivity contribution is -0.130. The maximum absolute atomic E-state index is 12.3. The first-order valence-corrected chi connectivity index (χ1v) is 9.06. The van der Waals surface area contributed by atoms with Crippen molar-refractivity contribution in [1.82, 2.24) is 20.1 Å². The number of hydrogen-bond acceptors (Lipinski definition) is 4. The summed E-state index contributed by atoms with van der Waals surface area (Å²) in [6, 6.07) is 0.351. The van der Waals surface area contributed by atoms with Crippen LogP contribution in [0, 0.1) is 17.8 Å². The van der Waals surface area contributed by atoms with Crippen molar-refractivity contribution in [2.75, 3.05) is 6.61 Å². The fraction of sp³-hybridized carbons (Fsp3) is 0.824. The molecule has 1 saturated heterocycles. The van der Waals surface area contributed by atoms with Crippen molar-refractivity contribution in [3.63, 3.8) is 0 Å². The molecule has 2 heterocycles. The van der Waals surface area contributed by atoms with Gasteiger partial charge in [-0.3, -0.25) is 9.48 Å². The molecular formula is C17H26N4O2. The molecule has 0 aromatic carbocycles. The lowest BCUT2D eigenvalue weighted by Crippen LogP contribution is -2.63. The number of nitrogens with one attached hydrogen (secondary N) is 1. The van der Waals surface area contributed by atoms with E-state index in [1.807, 2.05) is 0 Å². The molecule has 0 spiro atoms. The largest absolute Gasteiger partial charge is 0.377 e. The summed E-state index contributed by atoms with van der Waals surface area (Å²) in [5.41, 5.74) is 0. The highest BCUT2D eigenvalue weighted by Crippen LogP contribution is 2.51. The van der Waals surface area contributed by atoms with Gasteiger partial charge in [-0.15, -0.1) is 0 Å². The minimum atomic E-state index is 0.184. The highest BCUT2D eigenvalue weighted by atomic mass is 16.5. The highest BCUT2D eigenvalue weighted by molar-refractivity contribution is 5.76. The van der Waals surface area contributed by atoms with E-state index in [9.17, 15) is 4.79 Å². The molecule has 126 valence electrons. The number of amides is 1. The number of nitrogens with zero attached hydrogens (tertiary/aromatic N) is 3. The molecule has 6 heteroatoms. The second-order valence-electron chi connectivity index (χ2n) is 7.27. The van der Waals surface area contributed by atoms with E-state index in [0.717, 1.165) is 31.9 Å². The third-order valence-electron chi connectivity index (χ3n) is 5.97. The molecule has 1 aliphatic heterocycles. The number of hydrogen-bond donors (Lipinski definition) is 1. The number of aryl methyl sites for hydroxylation is 1. The van der Waals surface area contributed by atoms with Gasteiger partial charge in [0.05, 0.1) is 6.10 Å². The Kier molecular flexibility index (Phi) is 4.33. The minimum Gasteiger partial charge on any atom is -0.377 e. The van der Waals surface area contributed by atoms with Crippen molar-refractivity contribution >= 4 is 5.91 Å². The van der Waals surface area contributed by atoms with E-state index in [-0.39, 0.29) is 5.91 Å². The zero-order chi connectivity index (χ0) is 15.6. The molecule has 0 radical (unpaired) electrons. The zero-order valence-corrected chi connectivity index (χ0v) is 13.6. The second kappa shape index (κ2) is 6.59. The van der Waals surface area contributed by atoms with Crippen LogP contribution in [0.3, 0.4) is 0 Å². The van der Waals surface area contributed by atoms with E-state index < -0.39 is 0 Å². The summed E-state index contributed by atoms with van der Waals surface area (Å²) in [5, 5.41) is 7.40. The molecule has 1 amide bonds. The fourth-order valence-electron chi connectivity index (χ4n) is 4.87. The Morgan fingerprint density at radius 3 is 2.96 bits per heavy atom. The molecule has 2 saturated carbocycles. The van der Waals surface area contributed by atoms with Crippen molar-refractivity contribution in [2.45, 2.75) is 63.6 Å². The third kappa shape index (κ3) is 3.01. The van der Waals surface area contributed by atoms with Gasteiger partial charge >= 0.3 is 0 Å². The van der Waals surface area contributed by atoms with Gasteiger partial charge in [0.15, 0.2) is 0 Å². The normalized spacial score (nSPS) is 33.4. The van der Waals surface area contributed by atoms with Gasteiger partial charge < -0.3 is 10.1 Å². The predicted octanol–water partition coefficient (Wildman–Crippen LogP) is 1.77. The van der Waals surface area contributed by atoms with Crippen molar-refractivity contribution in [3.05, 3.63) is 12.7 Å². The smallest absolute Gasteiger partial charge is 0.220 e. The van der Waals surface area contributed by atoms with Crippen molar-refractivity contribution in [1.29, 1.82) is 0 Å². The number of ether oxygens (including phenoxy) is 1. The molecule has 1 N–H and O–H groups in total. The van der Waals surface area contributed by atoms with Crippen molar-refractivity contribution in [3.8, 4) is 0 Å². The fourth-order valence-corrected chi connectivity index (χ4v) is 4.87. The van der Waals surface area contributed by atoms with Crippen LogP contribution in [0.2, 0.25) is 0 Å². The highest BCUT2D eigenvalue weighted by Gasteiger charge is 2.56. The molecule has 6 nitrogen and oxygen atoms in total. The van der Waals surface area contributed by atoms with Crippen LogP contribution in [0.15, 0.2) is 12.7 Å². The van der Waals surface area contributed by atoms with Gasteiger partial charge in [-0.05, 0) is 18.8 Å². The van der Waals surface area contributed by atoms with E-state index >= 15 is 0 Å². The maximum Gasteiger partial charge on any atom is 0.220 e. The SMILES string of the molecule is O=C(CCCn1cncn1)NC1C2CCOC2C1C1CCCC1. The predicted molar refractivity (Wildman–Crippen MR) is 84.5 cm³/mol. The molecule has 0 bridgehead atoms. The van der Waals surface area contributed by atoms with Gasteiger partial charge in [0.25, 0.3) is 0 Å². The van der Waals surface area contributed by atoms with E-state index in [0.29, 0.717) is 30.4 Å². The number of fused-ring (bicyclic) bond motifs is 1. The molecule has 3 aliphatic rings. The van der Waals surface area contributed by atoms with E-state index in [1.54, 1.807) is 11.0 Å². The third-order valence-corrected chi connectivity index (χ3v) is 5.97. The van der Waals surface area contributed by atoms with Gasteiger partial charge in [-0.25, -0.2) is 4.98 Å². The van der Waals surface area contributed by atoms with Gasteiger partial charge in [-0.2, -0.15) is 5.10 Å². The van der Waals surface area contributed by atoms with Crippen LogP contribution < -0.4 is 5.32 Å². The van der Waals surface area contributed by atoms with Gasteiger partial charge in [-0.1, -0.05) is 25.7 Å². The molecule has 1 aromatic rings. The van der Waals surface area contributed by atoms with E-state index in [1.165, 1.54) is 32.0 Å². The summed E-state index contributed by atoms with van der Waals surface area (Å²) in [4.78, 5) is 16.2. The molecule has 4 rings (SSSR count). The van der Waals surface area contributed by atoms with Crippen LogP contribution in [-0.4, -0.2) is 39.4 Å². The average molecular weight is 318 g/mol. The number of carbonyl (C=O) groups is 1. The molecule has 23 heavy (non-hydrogen) atoms. The van der Waals surface area contributed by atoms with Crippen LogP contribution in [-0.2, 0) is 16.1 Å². The van der Waals surface area contributed by atoms with Gasteiger partial charge in [0.1, 0.15) is 12.7 Å². The Balaban J connectivity index is 1.28. The van der Waals surface area contributed by atoms with E-state index in [4.69, 9.17) is 4.74 Å². The van der Waals surface area contributed by atoms with Crippen LogP contribution >= 0.6 is 0 Å². The first-order chi connectivity index (χ1) is 11.3. The summed E-state index contributed by atoms with van der Waals surface area (Å²) in [6.45, 7) is 1.62. The Morgan fingerprint density at radius 1 is 1.30 bits per heavy atom. The topological polar surface area (TPSA) is 69.0 Å². The molecule has 2 aliphatic carbocycles. The van der Waals surface area contributed by atoms with Gasteiger partial charge in [0.2, 0.25) is 5.91 Å². The average Bonchev–Trinajstić information content (AvgIpc) is 3.27. The van der Waals surface area contributed by atoms with Crippen LogP contribution in [0.25, 0.3) is 0 Å². The van der Waals surface area contributed by atoms with Crippen LogP contribution in [0.4, 0.5) is 0 Å². The zero-order valence-electron chi connectivity index (χ0n) is 13.6. The molecule has 4 atom stereocenters. The lowest BCUT2D eigenvalue weighted by atomic mass is 9.61. The first kappa shape index (κ1) is 15.1. The number of aromatic nitrogens is 3. The van der Waals surface area contributed by atoms with Gasteiger partial charge in [0, 0.05) is 37.5 Å². The Labute approximate surface area is 137 Å². The van der Waals surface area contributed by atoms with E-state index in [2.05, 4.69) is 15.4 Å². The molecule has 3 fully saturated rings. The van der Waals surface area contributed by atoms with Crippen molar-refractivity contribution in [2.24, 2.45) is 17.8 Å². The quantitative estimate of drug-likeness (QED) is 0.868. The monoisotopic (exact) mass is 318 g/mol. The summed E-state index contributed by atoms with van der Waals surface area (Å²) in [6.07, 6.45) is 11.4. The summed E-state index contributed by atoms with van der Waals surface area (Å²) >= 11 is 0. The van der Waals surface area contributed by atoms with Crippen LogP contribution in [0.5, 0.6) is 0 Å². The lowest BCUT2D eigenvalue weighted by Gasteiger charge is -2.50. The standard InChI is InChI=1S/C17H26N4O2/c22-14(6-3-8-21-11-18-10-19-21)20-16-13-7-9-23-17(13)15(16)12-4-1-2-5-12/h10-13,15-17H,1-9H2,(H,20,22). The van der Waals surface area contributed by atoms with Crippen molar-refractivity contribution < 1.29 is 9.53 Å². The Hall–Kier alpha value is -1.43. The summed E-state index contributed by atoms with van der Waals surface area (Å²) < 4.78 is 7.73. The molecule has 1 aromatic heterocycles. The molecular weight excluding hydrogens is 292 g/mol. The number of rotatable bonds is 6.